The van der Waals surface area contributed by atoms with E-state index in [0.29, 0.717) is 17.1 Å². The molecule has 0 unspecified atom stereocenters. The summed E-state index contributed by atoms with van der Waals surface area (Å²) in [5.74, 6) is 0.795. The summed E-state index contributed by atoms with van der Waals surface area (Å²) in [5.41, 5.74) is 1.25. The molecule has 6 heteroatoms. The molecule has 1 heterocycles. The Balaban J connectivity index is 2.15. The number of halogens is 1. The Labute approximate surface area is 104 Å². The minimum Gasteiger partial charge on any atom is -0.377 e. The van der Waals surface area contributed by atoms with Crippen LogP contribution >= 0.6 is 11.6 Å². The molecule has 0 bridgehead atoms. The third kappa shape index (κ3) is 2.55. The highest BCUT2D eigenvalue weighted by Crippen LogP contribution is 2.20. The van der Waals surface area contributed by atoms with Crippen LogP contribution in [-0.2, 0) is 13.6 Å². The molecule has 0 spiro atoms. The van der Waals surface area contributed by atoms with E-state index >= 15 is 0 Å². The first-order chi connectivity index (χ1) is 8.20. The molecule has 0 atom stereocenters. The molecule has 17 heavy (non-hydrogen) atoms. The van der Waals surface area contributed by atoms with Gasteiger partial charge in [-0.2, -0.15) is 5.26 Å². The molecule has 86 valence electrons. The Bertz CT molecular complexity index is 569. The van der Waals surface area contributed by atoms with Crippen LogP contribution in [0.2, 0.25) is 5.02 Å². The summed E-state index contributed by atoms with van der Waals surface area (Å²) in [5, 5.41) is 20.4. The van der Waals surface area contributed by atoms with Crippen LogP contribution in [0.1, 0.15) is 11.4 Å². The molecule has 0 saturated heterocycles. The highest BCUT2D eigenvalue weighted by atomic mass is 35.5. The molecule has 0 aliphatic carbocycles. The van der Waals surface area contributed by atoms with Gasteiger partial charge < -0.3 is 9.88 Å². The van der Waals surface area contributed by atoms with E-state index in [4.69, 9.17) is 16.9 Å². The van der Waals surface area contributed by atoms with E-state index in [1.165, 1.54) is 0 Å². The smallest absolute Gasteiger partial charge is 0.151 e. The zero-order chi connectivity index (χ0) is 12.3. The topological polar surface area (TPSA) is 66.5 Å². The Morgan fingerprint density at radius 2 is 2.35 bits per heavy atom. The number of aromatic nitrogens is 3. The van der Waals surface area contributed by atoms with Crippen LogP contribution in [-0.4, -0.2) is 14.8 Å². The zero-order valence-electron chi connectivity index (χ0n) is 9.18. The number of hydrogen-bond acceptors (Lipinski definition) is 4. The van der Waals surface area contributed by atoms with E-state index in [-0.39, 0.29) is 0 Å². The van der Waals surface area contributed by atoms with Crippen molar-refractivity contribution in [2.75, 3.05) is 5.32 Å². The molecule has 1 aromatic carbocycles. The zero-order valence-corrected chi connectivity index (χ0v) is 9.94. The molecule has 2 aromatic rings. The standard InChI is InChI=1S/C11H10ClN5/c1-17-7-15-16-11(17)6-14-10-3-2-9(12)4-8(10)5-13/h2-4,7,14H,6H2,1H3. The Hall–Kier alpha value is -2.06. The van der Waals surface area contributed by atoms with Crippen molar-refractivity contribution in [3.63, 3.8) is 0 Å². The van der Waals surface area contributed by atoms with Crippen LogP contribution in [0.3, 0.4) is 0 Å². The second-order valence-electron chi connectivity index (χ2n) is 3.51. The largest absolute Gasteiger partial charge is 0.377 e. The number of hydrogen-bond donors (Lipinski definition) is 1. The first-order valence-electron chi connectivity index (χ1n) is 4.97. The molecular formula is C11H10ClN5. The van der Waals surface area contributed by atoms with Gasteiger partial charge in [0.2, 0.25) is 0 Å². The van der Waals surface area contributed by atoms with Crippen molar-refractivity contribution in [2.45, 2.75) is 6.54 Å². The van der Waals surface area contributed by atoms with Gasteiger partial charge in [-0.15, -0.1) is 10.2 Å². The predicted molar refractivity (Wildman–Crippen MR) is 64.5 cm³/mol. The van der Waals surface area contributed by atoms with Crippen molar-refractivity contribution in [3.05, 3.63) is 40.9 Å². The molecular weight excluding hydrogens is 238 g/mol. The molecule has 1 aromatic heterocycles. The summed E-state index contributed by atoms with van der Waals surface area (Å²) in [6, 6.07) is 7.23. The van der Waals surface area contributed by atoms with Gasteiger partial charge in [0.1, 0.15) is 12.4 Å². The van der Waals surface area contributed by atoms with Gasteiger partial charge in [0.25, 0.3) is 0 Å². The van der Waals surface area contributed by atoms with Gasteiger partial charge in [0.05, 0.1) is 17.8 Å². The van der Waals surface area contributed by atoms with Crippen LogP contribution in [0.15, 0.2) is 24.5 Å². The lowest BCUT2D eigenvalue weighted by molar-refractivity contribution is 0.812. The van der Waals surface area contributed by atoms with Crippen molar-refractivity contribution in [1.82, 2.24) is 14.8 Å². The molecule has 0 aliphatic rings. The van der Waals surface area contributed by atoms with Crippen molar-refractivity contribution in [2.24, 2.45) is 7.05 Å². The number of anilines is 1. The highest BCUT2D eigenvalue weighted by molar-refractivity contribution is 6.30. The molecule has 0 aliphatic heterocycles. The minimum atomic E-state index is 0.507. The average Bonchev–Trinajstić information content (AvgIpc) is 2.73. The number of nitrogens with one attached hydrogen (secondary N) is 1. The summed E-state index contributed by atoms with van der Waals surface area (Å²) in [4.78, 5) is 0. The van der Waals surface area contributed by atoms with Crippen LogP contribution in [0.4, 0.5) is 5.69 Å². The van der Waals surface area contributed by atoms with E-state index < -0.39 is 0 Å². The molecule has 0 amide bonds. The minimum absolute atomic E-state index is 0.507. The summed E-state index contributed by atoms with van der Waals surface area (Å²) < 4.78 is 1.81. The Morgan fingerprint density at radius 1 is 1.53 bits per heavy atom. The fourth-order valence-corrected chi connectivity index (χ4v) is 1.58. The summed E-state index contributed by atoms with van der Waals surface area (Å²) in [6.45, 7) is 0.507. The van der Waals surface area contributed by atoms with Crippen LogP contribution < -0.4 is 5.32 Å². The fraction of sp³-hybridized carbons (Fsp3) is 0.182. The SMILES string of the molecule is Cn1cnnc1CNc1ccc(Cl)cc1C#N. The molecule has 5 nitrogen and oxygen atoms in total. The quantitative estimate of drug-likeness (QED) is 0.900. The van der Waals surface area contributed by atoms with Gasteiger partial charge in [-0.25, -0.2) is 0 Å². The molecule has 0 saturated carbocycles. The Kier molecular flexibility index (Phi) is 3.26. The fourth-order valence-electron chi connectivity index (χ4n) is 1.40. The predicted octanol–water partition coefficient (Wildman–Crippen LogP) is 1.95. The van der Waals surface area contributed by atoms with E-state index in [9.17, 15) is 0 Å². The third-order valence-electron chi connectivity index (χ3n) is 2.34. The number of benzene rings is 1. The van der Waals surface area contributed by atoms with Crippen molar-refractivity contribution >= 4 is 17.3 Å². The maximum atomic E-state index is 8.97. The van der Waals surface area contributed by atoms with Crippen molar-refractivity contribution < 1.29 is 0 Å². The maximum absolute atomic E-state index is 8.97. The van der Waals surface area contributed by atoms with Gasteiger partial charge in [0.15, 0.2) is 5.82 Å². The van der Waals surface area contributed by atoms with Gasteiger partial charge in [-0.1, -0.05) is 11.6 Å². The monoisotopic (exact) mass is 247 g/mol. The summed E-state index contributed by atoms with van der Waals surface area (Å²) in [7, 11) is 1.87. The molecule has 2 rings (SSSR count). The highest BCUT2D eigenvalue weighted by Gasteiger charge is 2.04. The Morgan fingerprint density at radius 3 is 3.00 bits per heavy atom. The second-order valence-corrected chi connectivity index (χ2v) is 3.95. The molecule has 1 N–H and O–H groups in total. The van der Waals surface area contributed by atoms with E-state index in [1.807, 2.05) is 11.6 Å². The average molecular weight is 248 g/mol. The van der Waals surface area contributed by atoms with Gasteiger partial charge in [-0.3, -0.25) is 0 Å². The van der Waals surface area contributed by atoms with E-state index in [0.717, 1.165) is 11.5 Å². The lowest BCUT2D eigenvalue weighted by atomic mass is 10.2. The number of aryl methyl sites for hydroxylation is 1. The normalized spacial score (nSPS) is 9.94. The summed E-state index contributed by atoms with van der Waals surface area (Å²) >= 11 is 5.82. The van der Waals surface area contributed by atoms with Gasteiger partial charge in [-0.05, 0) is 18.2 Å². The van der Waals surface area contributed by atoms with E-state index in [2.05, 4.69) is 21.6 Å². The lowest BCUT2D eigenvalue weighted by Gasteiger charge is -2.07. The van der Waals surface area contributed by atoms with E-state index in [1.54, 1.807) is 24.5 Å². The molecule has 0 radical (unpaired) electrons. The molecule has 0 fully saturated rings. The number of rotatable bonds is 3. The van der Waals surface area contributed by atoms with Crippen molar-refractivity contribution in [1.29, 1.82) is 5.26 Å². The first-order valence-corrected chi connectivity index (χ1v) is 5.35. The van der Waals surface area contributed by atoms with Crippen LogP contribution in [0, 0.1) is 11.3 Å². The lowest BCUT2D eigenvalue weighted by Crippen LogP contribution is -2.06. The van der Waals surface area contributed by atoms with Gasteiger partial charge >= 0.3 is 0 Å². The van der Waals surface area contributed by atoms with Crippen LogP contribution in [0.25, 0.3) is 0 Å². The third-order valence-corrected chi connectivity index (χ3v) is 2.58. The maximum Gasteiger partial charge on any atom is 0.151 e. The summed E-state index contributed by atoms with van der Waals surface area (Å²) in [6.07, 6.45) is 1.63. The second kappa shape index (κ2) is 4.85. The van der Waals surface area contributed by atoms with Gasteiger partial charge in [0, 0.05) is 12.1 Å². The van der Waals surface area contributed by atoms with Crippen molar-refractivity contribution in [3.8, 4) is 6.07 Å². The number of nitrogens with zero attached hydrogens (tertiary/aromatic N) is 4. The number of nitriles is 1. The van der Waals surface area contributed by atoms with Crippen LogP contribution in [0.5, 0.6) is 0 Å². The first kappa shape index (κ1) is 11.4.